The predicted molar refractivity (Wildman–Crippen MR) is 111 cm³/mol. The number of hydrogen-bond donors (Lipinski definition) is 2. The third kappa shape index (κ3) is 3.69. The molecular formula is C21H22N6O2. The SMILES string of the molecule is Cc1nc2ccccc2n1CCNC(=O)C1=NN(c2ccccc2)C(C(N)=O)C1. The van der Waals surface area contributed by atoms with E-state index in [-0.39, 0.29) is 12.3 Å². The van der Waals surface area contributed by atoms with Crippen molar-refractivity contribution in [1.29, 1.82) is 0 Å². The summed E-state index contributed by atoms with van der Waals surface area (Å²) >= 11 is 0. The summed E-state index contributed by atoms with van der Waals surface area (Å²) in [4.78, 5) is 29.0. The number of carbonyl (C=O) groups excluding carboxylic acids is 2. The minimum Gasteiger partial charge on any atom is -0.368 e. The van der Waals surface area contributed by atoms with Crippen LogP contribution in [0.4, 0.5) is 5.69 Å². The molecule has 0 radical (unpaired) electrons. The fourth-order valence-corrected chi connectivity index (χ4v) is 3.55. The number of imidazole rings is 1. The van der Waals surface area contributed by atoms with Crippen LogP contribution in [0.5, 0.6) is 0 Å². The first-order valence-corrected chi connectivity index (χ1v) is 9.46. The molecule has 8 heteroatoms. The van der Waals surface area contributed by atoms with E-state index in [0.29, 0.717) is 18.8 Å². The van der Waals surface area contributed by atoms with Crippen molar-refractivity contribution in [2.45, 2.75) is 25.9 Å². The molecular weight excluding hydrogens is 368 g/mol. The fourth-order valence-electron chi connectivity index (χ4n) is 3.55. The van der Waals surface area contributed by atoms with E-state index in [1.807, 2.05) is 61.5 Å². The Morgan fingerprint density at radius 1 is 1.14 bits per heavy atom. The highest BCUT2D eigenvalue weighted by Crippen LogP contribution is 2.24. The molecule has 0 spiro atoms. The van der Waals surface area contributed by atoms with Gasteiger partial charge in [0, 0.05) is 19.5 Å². The number of amides is 2. The maximum Gasteiger partial charge on any atom is 0.267 e. The number of fused-ring (bicyclic) bond motifs is 1. The Morgan fingerprint density at radius 3 is 2.62 bits per heavy atom. The maximum absolute atomic E-state index is 12.6. The van der Waals surface area contributed by atoms with E-state index in [4.69, 9.17) is 5.73 Å². The fraction of sp³-hybridized carbons (Fsp3) is 0.238. The van der Waals surface area contributed by atoms with E-state index in [1.165, 1.54) is 5.01 Å². The smallest absolute Gasteiger partial charge is 0.267 e. The zero-order valence-corrected chi connectivity index (χ0v) is 16.1. The van der Waals surface area contributed by atoms with Gasteiger partial charge in [0.05, 0.1) is 16.7 Å². The van der Waals surface area contributed by atoms with Crippen LogP contribution < -0.4 is 16.1 Å². The zero-order chi connectivity index (χ0) is 20.4. The summed E-state index contributed by atoms with van der Waals surface area (Å²) in [6, 6.07) is 16.4. The third-order valence-corrected chi connectivity index (χ3v) is 4.99. The Labute approximate surface area is 168 Å². The first-order chi connectivity index (χ1) is 14.0. The lowest BCUT2D eigenvalue weighted by atomic mass is 10.1. The number of primary amides is 1. The Bertz CT molecular complexity index is 1090. The van der Waals surface area contributed by atoms with Crippen molar-refractivity contribution in [3.8, 4) is 0 Å². The molecule has 1 aliphatic rings. The van der Waals surface area contributed by atoms with Gasteiger partial charge in [0.15, 0.2) is 0 Å². The molecule has 8 nitrogen and oxygen atoms in total. The quantitative estimate of drug-likeness (QED) is 0.666. The Hall–Kier alpha value is -3.68. The molecule has 0 aliphatic carbocycles. The number of benzene rings is 2. The summed E-state index contributed by atoms with van der Waals surface area (Å²) in [5.41, 5.74) is 8.50. The number of aryl methyl sites for hydroxylation is 1. The minimum absolute atomic E-state index is 0.184. The summed E-state index contributed by atoms with van der Waals surface area (Å²) in [6.45, 7) is 2.96. The lowest BCUT2D eigenvalue weighted by Crippen LogP contribution is -2.40. The van der Waals surface area contributed by atoms with E-state index in [9.17, 15) is 9.59 Å². The van der Waals surface area contributed by atoms with Gasteiger partial charge in [-0.1, -0.05) is 30.3 Å². The number of anilines is 1. The Balaban J connectivity index is 1.44. The highest BCUT2D eigenvalue weighted by atomic mass is 16.2. The highest BCUT2D eigenvalue weighted by Gasteiger charge is 2.34. The topological polar surface area (TPSA) is 106 Å². The normalized spacial score (nSPS) is 16.1. The first-order valence-electron chi connectivity index (χ1n) is 9.46. The number of carbonyl (C=O) groups is 2. The molecule has 2 amide bonds. The lowest BCUT2D eigenvalue weighted by Gasteiger charge is -2.20. The summed E-state index contributed by atoms with van der Waals surface area (Å²) < 4.78 is 2.06. The average molecular weight is 390 g/mol. The number of aromatic nitrogens is 2. The van der Waals surface area contributed by atoms with Gasteiger partial charge in [-0.05, 0) is 31.2 Å². The van der Waals surface area contributed by atoms with Crippen LogP contribution in [0, 0.1) is 6.92 Å². The van der Waals surface area contributed by atoms with E-state index >= 15 is 0 Å². The Morgan fingerprint density at radius 2 is 1.86 bits per heavy atom. The molecule has 29 heavy (non-hydrogen) atoms. The first kappa shape index (κ1) is 18.7. The molecule has 1 aromatic heterocycles. The van der Waals surface area contributed by atoms with Crippen molar-refractivity contribution in [2.24, 2.45) is 10.8 Å². The van der Waals surface area contributed by atoms with Gasteiger partial charge in [0.2, 0.25) is 5.91 Å². The van der Waals surface area contributed by atoms with Gasteiger partial charge in [0.25, 0.3) is 5.91 Å². The lowest BCUT2D eigenvalue weighted by molar-refractivity contribution is -0.119. The monoisotopic (exact) mass is 390 g/mol. The van der Waals surface area contributed by atoms with E-state index in [0.717, 1.165) is 22.5 Å². The summed E-state index contributed by atoms with van der Waals surface area (Å²) in [5, 5.41) is 8.77. The maximum atomic E-state index is 12.6. The van der Waals surface area contributed by atoms with Crippen LogP contribution >= 0.6 is 0 Å². The molecule has 0 saturated heterocycles. The highest BCUT2D eigenvalue weighted by molar-refractivity contribution is 6.40. The van der Waals surface area contributed by atoms with Gasteiger partial charge in [0.1, 0.15) is 17.6 Å². The van der Waals surface area contributed by atoms with Crippen LogP contribution in [-0.2, 0) is 16.1 Å². The minimum atomic E-state index is -0.669. The second-order valence-electron chi connectivity index (χ2n) is 6.90. The number of para-hydroxylation sites is 3. The van der Waals surface area contributed by atoms with Gasteiger partial charge in [-0.3, -0.25) is 14.6 Å². The summed E-state index contributed by atoms with van der Waals surface area (Å²) in [6.07, 6.45) is 0.184. The molecule has 0 bridgehead atoms. The van der Waals surface area contributed by atoms with Crippen molar-refractivity contribution in [3.05, 3.63) is 60.4 Å². The number of nitrogens with zero attached hydrogens (tertiary/aromatic N) is 4. The molecule has 3 aromatic rings. The molecule has 1 unspecified atom stereocenters. The van der Waals surface area contributed by atoms with Crippen molar-refractivity contribution >= 4 is 34.2 Å². The van der Waals surface area contributed by atoms with Gasteiger partial charge in [-0.25, -0.2) is 4.98 Å². The molecule has 0 saturated carbocycles. The van der Waals surface area contributed by atoms with Crippen molar-refractivity contribution in [2.75, 3.05) is 11.6 Å². The standard InChI is InChI=1S/C21H22N6O2/c1-14-24-16-9-5-6-10-18(16)26(14)12-11-23-21(29)17-13-19(20(22)28)27(25-17)15-7-3-2-4-8-15/h2-10,19H,11-13H2,1H3,(H2,22,28)(H,23,29). The van der Waals surface area contributed by atoms with Crippen molar-refractivity contribution < 1.29 is 9.59 Å². The van der Waals surface area contributed by atoms with Gasteiger partial charge in [-0.2, -0.15) is 5.10 Å². The molecule has 1 atom stereocenters. The van der Waals surface area contributed by atoms with Crippen molar-refractivity contribution in [3.63, 3.8) is 0 Å². The van der Waals surface area contributed by atoms with Crippen LogP contribution in [0.2, 0.25) is 0 Å². The molecule has 0 fully saturated rings. The van der Waals surface area contributed by atoms with E-state index in [1.54, 1.807) is 0 Å². The largest absolute Gasteiger partial charge is 0.368 e. The molecule has 2 aromatic carbocycles. The number of rotatable bonds is 6. The third-order valence-electron chi connectivity index (χ3n) is 4.99. The molecule has 3 N–H and O–H groups in total. The van der Waals surface area contributed by atoms with Crippen molar-refractivity contribution in [1.82, 2.24) is 14.9 Å². The van der Waals surface area contributed by atoms with Gasteiger partial charge in [-0.15, -0.1) is 0 Å². The predicted octanol–water partition coefficient (Wildman–Crippen LogP) is 1.58. The van der Waals surface area contributed by atoms with E-state index < -0.39 is 11.9 Å². The van der Waals surface area contributed by atoms with E-state index in [2.05, 4.69) is 20.0 Å². The molecule has 4 rings (SSSR count). The second-order valence-corrected chi connectivity index (χ2v) is 6.90. The summed E-state index contributed by atoms with van der Waals surface area (Å²) in [7, 11) is 0. The zero-order valence-electron chi connectivity index (χ0n) is 16.1. The molecule has 148 valence electrons. The van der Waals surface area contributed by atoms with Crippen LogP contribution in [0.15, 0.2) is 59.7 Å². The van der Waals surface area contributed by atoms with Crippen LogP contribution in [0.25, 0.3) is 11.0 Å². The van der Waals surface area contributed by atoms with Gasteiger partial charge >= 0.3 is 0 Å². The number of hydrazone groups is 1. The van der Waals surface area contributed by atoms with Crippen LogP contribution in [-0.4, -0.2) is 39.7 Å². The number of hydrogen-bond acceptors (Lipinski definition) is 5. The van der Waals surface area contributed by atoms with Crippen LogP contribution in [0.3, 0.4) is 0 Å². The molecule has 1 aliphatic heterocycles. The number of nitrogens with one attached hydrogen (secondary N) is 1. The van der Waals surface area contributed by atoms with Gasteiger partial charge < -0.3 is 15.6 Å². The Kier molecular flexibility index (Phi) is 4.99. The average Bonchev–Trinajstić information content (AvgIpc) is 3.31. The van der Waals surface area contributed by atoms with Crippen LogP contribution in [0.1, 0.15) is 12.2 Å². The number of nitrogens with two attached hydrogens (primary N) is 1. The summed E-state index contributed by atoms with van der Waals surface area (Å²) in [5.74, 6) is 0.0837. The second kappa shape index (κ2) is 7.75. The molecule has 2 heterocycles.